The van der Waals surface area contributed by atoms with Crippen LogP contribution in [0.15, 0.2) is 18.2 Å². The molecule has 2 nitrogen and oxygen atoms in total. The maximum Gasteiger partial charge on any atom is 0.165 e. The second-order valence-corrected chi connectivity index (χ2v) is 4.79. The van der Waals surface area contributed by atoms with Crippen LogP contribution in [-0.4, -0.2) is 23.7 Å². The molecule has 0 spiro atoms. The van der Waals surface area contributed by atoms with Crippen molar-refractivity contribution in [3.8, 4) is 5.75 Å². The van der Waals surface area contributed by atoms with Crippen molar-refractivity contribution in [2.75, 3.05) is 18.6 Å². The third-order valence-electron chi connectivity index (χ3n) is 2.30. The maximum absolute atomic E-state index is 13.4. The molecule has 1 atom stereocenters. The van der Waals surface area contributed by atoms with Crippen LogP contribution in [0.5, 0.6) is 5.75 Å². The van der Waals surface area contributed by atoms with Crippen LogP contribution in [0.3, 0.4) is 0 Å². The predicted molar refractivity (Wildman–Crippen MR) is 65.5 cm³/mol. The zero-order valence-electron chi connectivity index (χ0n) is 9.57. The van der Waals surface area contributed by atoms with E-state index in [9.17, 15) is 9.50 Å². The highest BCUT2D eigenvalue weighted by Gasteiger charge is 2.10. The molecule has 0 aromatic heterocycles. The fourth-order valence-electron chi connectivity index (χ4n) is 1.40. The van der Waals surface area contributed by atoms with E-state index in [0.29, 0.717) is 12.0 Å². The molecule has 90 valence electrons. The van der Waals surface area contributed by atoms with Gasteiger partial charge in [-0.1, -0.05) is 13.0 Å². The molecular formula is C12H17FO2S. The Bertz CT molecular complexity index is 331. The number of aliphatic hydroxyl groups excluding tert-OH is 1. The van der Waals surface area contributed by atoms with Gasteiger partial charge < -0.3 is 9.84 Å². The molecule has 0 aliphatic heterocycles. The fourth-order valence-corrected chi connectivity index (χ4v) is 2.07. The van der Waals surface area contributed by atoms with Crippen molar-refractivity contribution in [1.82, 2.24) is 0 Å². The Morgan fingerprint density at radius 1 is 1.50 bits per heavy atom. The second kappa shape index (κ2) is 6.76. The highest BCUT2D eigenvalue weighted by Crippen LogP contribution is 2.24. The number of halogens is 1. The molecule has 0 amide bonds. The van der Waals surface area contributed by atoms with Crippen LogP contribution in [-0.2, 0) is 0 Å². The van der Waals surface area contributed by atoms with Crippen LogP contribution in [0, 0.1) is 5.82 Å². The summed E-state index contributed by atoms with van der Waals surface area (Å²) in [7, 11) is 1.42. The predicted octanol–water partition coefficient (Wildman–Crippen LogP) is 3.01. The van der Waals surface area contributed by atoms with Gasteiger partial charge in [0.05, 0.1) is 13.2 Å². The summed E-state index contributed by atoms with van der Waals surface area (Å²) in [6, 6.07) is 4.57. The zero-order valence-corrected chi connectivity index (χ0v) is 10.4. The third-order valence-corrected chi connectivity index (χ3v) is 3.23. The smallest absolute Gasteiger partial charge is 0.165 e. The highest BCUT2D eigenvalue weighted by atomic mass is 32.2. The molecule has 1 unspecified atom stereocenters. The van der Waals surface area contributed by atoms with E-state index < -0.39 is 11.9 Å². The van der Waals surface area contributed by atoms with E-state index >= 15 is 0 Å². The van der Waals surface area contributed by atoms with E-state index in [2.05, 4.69) is 6.92 Å². The summed E-state index contributed by atoms with van der Waals surface area (Å²) < 4.78 is 18.2. The first-order valence-electron chi connectivity index (χ1n) is 5.28. The first kappa shape index (κ1) is 13.3. The molecule has 0 radical (unpaired) electrons. The molecule has 0 aliphatic rings. The molecule has 0 saturated carbocycles. The molecular weight excluding hydrogens is 227 g/mol. The number of hydrogen-bond acceptors (Lipinski definition) is 3. The lowest BCUT2D eigenvalue weighted by Crippen LogP contribution is -2.00. The van der Waals surface area contributed by atoms with Gasteiger partial charge in [-0.2, -0.15) is 11.8 Å². The van der Waals surface area contributed by atoms with Gasteiger partial charge in [-0.25, -0.2) is 4.39 Å². The summed E-state index contributed by atoms with van der Waals surface area (Å²) in [6.45, 7) is 2.07. The lowest BCUT2D eigenvalue weighted by atomic mass is 10.1. The quantitative estimate of drug-likeness (QED) is 0.780. The largest absolute Gasteiger partial charge is 0.494 e. The van der Waals surface area contributed by atoms with Crippen molar-refractivity contribution in [3.63, 3.8) is 0 Å². The highest BCUT2D eigenvalue weighted by molar-refractivity contribution is 7.99. The minimum Gasteiger partial charge on any atom is -0.494 e. The first-order chi connectivity index (χ1) is 7.69. The monoisotopic (exact) mass is 244 g/mol. The van der Waals surface area contributed by atoms with Gasteiger partial charge in [0.2, 0.25) is 0 Å². The van der Waals surface area contributed by atoms with Crippen LogP contribution in [0.1, 0.15) is 25.0 Å². The molecule has 1 N–H and O–H groups in total. The summed E-state index contributed by atoms with van der Waals surface area (Å²) in [6.07, 6.45) is 0.0454. The van der Waals surface area contributed by atoms with E-state index in [4.69, 9.17) is 4.74 Å². The molecule has 0 saturated heterocycles. The summed E-state index contributed by atoms with van der Waals surface area (Å²) >= 11 is 1.76. The van der Waals surface area contributed by atoms with Crippen molar-refractivity contribution in [1.29, 1.82) is 0 Å². The molecule has 0 bridgehead atoms. The standard InChI is InChI=1S/C12H17FO2S/c1-3-16-7-6-11(14)9-4-5-12(15-2)10(13)8-9/h4-5,8,11,14H,3,6-7H2,1-2H3. The Hall–Kier alpha value is -0.740. The number of aliphatic hydroxyl groups is 1. The SMILES string of the molecule is CCSCCC(O)c1ccc(OC)c(F)c1. The summed E-state index contributed by atoms with van der Waals surface area (Å²) in [5, 5.41) is 9.81. The Morgan fingerprint density at radius 2 is 2.25 bits per heavy atom. The van der Waals surface area contributed by atoms with Crippen LogP contribution in [0.25, 0.3) is 0 Å². The van der Waals surface area contributed by atoms with Crippen LogP contribution in [0.2, 0.25) is 0 Å². The number of benzene rings is 1. The first-order valence-corrected chi connectivity index (χ1v) is 6.43. The lowest BCUT2D eigenvalue weighted by Gasteiger charge is -2.11. The second-order valence-electron chi connectivity index (χ2n) is 3.40. The molecule has 16 heavy (non-hydrogen) atoms. The summed E-state index contributed by atoms with van der Waals surface area (Å²) in [5.41, 5.74) is 0.606. The van der Waals surface area contributed by atoms with E-state index in [1.807, 2.05) is 0 Å². The molecule has 0 heterocycles. The maximum atomic E-state index is 13.4. The summed E-state index contributed by atoms with van der Waals surface area (Å²) in [5.74, 6) is 1.69. The number of ether oxygens (including phenoxy) is 1. The van der Waals surface area contributed by atoms with E-state index in [0.717, 1.165) is 11.5 Å². The molecule has 4 heteroatoms. The topological polar surface area (TPSA) is 29.5 Å². The fraction of sp³-hybridized carbons (Fsp3) is 0.500. The number of methoxy groups -OCH3 is 1. The van der Waals surface area contributed by atoms with Crippen molar-refractivity contribution in [2.24, 2.45) is 0 Å². The minimum absolute atomic E-state index is 0.207. The van der Waals surface area contributed by atoms with Crippen LogP contribution in [0.4, 0.5) is 4.39 Å². The number of rotatable bonds is 6. The normalized spacial score (nSPS) is 12.5. The van der Waals surface area contributed by atoms with Gasteiger partial charge in [-0.3, -0.25) is 0 Å². The number of thioether (sulfide) groups is 1. The Kier molecular flexibility index (Phi) is 5.63. The van der Waals surface area contributed by atoms with Gasteiger partial charge in [0.25, 0.3) is 0 Å². The van der Waals surface area contributed by atoms with E-state index in [1.165, 1.54) is 13.2 Å². The van der Waals surface area contributed by atoms with Crippen molar-refractivity contribution < 1.29 is 14.2 Å². The average Bonchev–Trinajstić information content (AvgIpc) is 2.29. The molecule has 0 aliphatic carbocycles. The van der Waals surface area contributed by atoms with Gasteiger partial charge in [-0.15, -0.1) is 0 Å². The Labute approximate surface area is 99.8 Å². The zero-order chi connectivity index (χ0) is 12.0. The van der Waals surface area contributed by atoms with E-state index in [1.54, 1.807) is 23.9 Å². The minimum atomic E-state index is -0.598. The van der Waals surface area contributed by atoms with Gasteiger partial charge in [0, 0.05) is 0 Å². The van der Waals surface area contributed by atoms with Crippen LogP contribution >= 0.6 is 11.8 Å². The van der Waals surface area contributed by atoms with Gasteiger partial charge in [0.15, 0.2) is 11.6 Å². The molecule has 1 aromatic carbocycles. The Balaban J connectivity index is 2.62. The summed E-state index contributed by atoms with van der Waals surface area (Å²) in [4.78, 5) is 0. The van der Waals surface area contributed by atoms with Gasteiger partial charge in [-0.05, 0) is 35.6 Å². The Morgan fingerprint density at radius 3 is 2.81 bits per heavy atom. The van der Waals surface area contributed by atoms with Crippen LogP contribution < -0.4 is 4.74 Å². The lowest BCUT2D eigenvalue weighted by molar-refractivity contribution is 0.174. The average molecular weight is 244 g/mol. The van der Waals surface area contributed by atoms with Crippen molar-refractivity contribution in [2.45, 2.75) is 19.4 Å². The van der Waals surface area contributed by atoms with Gasteiger partial charge in [0.1, 0.15) is 0 Å². The van der Waals surface area contributed by atoms with Gasteiger partial charge >= 0.3 is 0 Å². The number of hydrogen-bond donors (Lipinski definition) is 1. The van der Waals surface area contributed by atoms with Crippen molar-refractivity contribution >= 4 is 11.8 Å². The van der Waals surface area contributed by atoms with E-state index in [-0.39, 0.29) is 5.75 Å². The molecule has 1 rings (SSSR count). The third kappa shape index (κ3) is 3.68. The molecule has 0 fully saturated rings. The molecule has 1 aromatic rings. The van der Waals surface area contributed by atoms with Crippen molar-refractivity contribution in [3.05, 3.63) is 29.6 Å².